The minimum atomic E-state index is -0.212. The minimum absolute atomic E-state index is 0.212. The summed E-state index contributed by atoms with van der Waals surface area (Å²) in [5, 5.41) is 6.60. The zero-order valence-electron chi connectivity index (χ0n) is 12.3. The molecule has 4 N–H and O–H groups in total. The van der Waals surface area contributed by atoms with E-state index in [-0.39, 0.29) is 5.50 Å². The number of rotatable bonds is 8. The van der Waals surface area contributed by atoms with Crippen molar-refractivity contribution in [2.24, 2.45) is 5.73 Å². The van der Waals surface area contributed by atoms with Gasteiger partial charge in [0.2, 0.25) is 0 Å². The van der Waals surface area contributed by atoms with Gasteiger partial charge in [-0.15, -0.1) is 21.0 Å². The molecule has 0 spiro atoms. The highest BCUT2D eigenvalue weighted by Crippen LogP contribution is 2.15. The number of thiocarbonyl (C=S) groups is 1. The molecule has 0 amide bonds. The van der Waals surface area contributed by atoms with Gasteiger partial charge >= 0.3 is 0 Å². The van der Waals surface area contributed by atoms with Crippen LogP contribution in [0.4, 0.5) is 5.69 Å². The highest BCUT2D eigenvalue weighted by molar-refractivity contribution is 8.02. The maximum Gasteiger partial charge on any atom is 0.172 e. The van der Waals surface area contributed by atoms with Crippen molar-refractivity contribution in [1.29, 1.82) is 0 Å². The lowest BCUT2D eigenvalue weighted by atomic mass is 10.3. The summed E-state index contributed by atoms with van der Waals surface area (Å²) in [5.74, 6) is 0.844. The third-order valence-corrected chi connectivity index (χ3v) is 3.94. The molecule has 2 atom stereocenters. The summed E-state index contributed by atoms with van der Waals surface area (Å²) >= 11 is 6.76. The second-order valence-corrected chi connectivity index (χ2v) is 7.11. The van der Waals surface area contributed by atoms with Crippen LogP contribution in [0.1, 0.15) is 0 Å². The average Bonchev–Trinajstić information content (AvgIpc) is 2.40. The molecule has 0 fully saturated rings. The van der Waals surface area contributed by atoms with Crippen molar-refractivity contribution in [2.45, 2.75) is 5.50 Å². The van der Waals surface area contributed by atoms with Gasteiger partial charge in [0.05, 0.1) is 0 Å². The molecule has 0 aliphatic rings. The molecule has 1 aromatic rings. The number of nitrogens with two attached hydrogens (primary N) is 1. The Morgan fingerprint density at radius 2 is 2.10 bits per heavy atom. The first-order chi connectivity index (χ1) is 10.0. The van der Waals surface area contributed by atoms with Crippen LogP contribution in [0.15, 0.2) is 24.3 Å². The number of anilines is 1. The molecule has 0 aliphatic heterocycles. The van der Waals surface area contributed by atoms with E-state index >= 15 is 0 Å². The molecule has 0 radical (unpaired) electrons. The second kappa shape index (κ2) is 10.2. The van der Waals surface area contributed by atoms with Crippen LogP contribution in [0.3, 0.4) is 0 Å². The van der Waals surface area contributed by atoms with Crippen molar-refractivity contribution in [3.8, 4) is 5.75 Å². The molecule has 1 aromatic carbocycles. The quantitative estimate of drug-likeness (QED) is 0.376. The predicted molar refractivity (Wildman–Crippen MR) is 100.0 cm³/mol. The van der Waals surface area contributed by atoms with Crippen LogP contribution in [-0.2, 0) is 0 Å². The molecule has 8 heteroatoms. The van der Waals surface area contributed by atoms with Gasteiger partial charge in [0.1, 0.15) is 17.9 Å². The van der Waals surface area contributed by atoms with Crippen LogP contribution in [0, 0.1) is 0 Å². The fourth-order valence-corrected chi connectivity index (χ4v) is 2.77. The Bertz CT molecular complexity index is 431. The minimum Gasteiger partial charge on any atom is -0.492 e. The number of nitrogens with one attached hydrogen (secondary N) is 2. The number of hydrogen-bond donors (Lipinski definition) is 3. The number of nitrogens with zero attached hydrogens (tertiary/aromatic N) is 1. The molecular weight excluding hydrogens is 323 g/mol. The summed E-state index contributed by atoms with van der Waals surface area (Å²) < 4.78 is 5.63. The second-order valence-electron chi connectivity index (χ2n) is 4.53. The van der Waals surface area contributed by atoms with Gasteiger partial charge in [-0.1, -0.05) is 0 Å². The Balaban J connectivity index is 2.38. The normalized spacial score (nSPS) is 12.0. The molecule has 0 aromatic heterocycles. The lowest BCUT2D eigenvalue weighted by Crippen LogP contribution is -2.41. The zero-order valence-corrected chi connectivity index (χ0v) is 15.1. The van der Waals surface area contributed by atoms with Crippen molar-refractivity contribution in [1.82, 2.24) is 10.2 Å². The van der Waals surface area contributed by atoms with Crippen LogP contribution >= 0.6 is 33.2 Å². The number of thioether (sulfide) groups is 1. The Kier molecular flexibility index (Phi) is 8.96. The molecule has 2 unspecified atom stereocenters. The SMILES string of the molecule is CN(C)CCOc1ccc(NC(=S)NC(N)SCP)cc1. The largest absolute Gasteiger partial charge is 0.492 e. The van der Waals surface area contributed by atoms with Crippen LogP contribution in [0.2, 0.25) is 0 Å². The van der Waals surface area contributed by atoms with Gasteiger partial charge in [-0.05, 0) is 50.6 Å². The number of hydrogen-bond acceptors (Lipinski definition) is 5. The lowest BCUT2D eigenvalue weighted by Gasteiger charge is -2.16. The number of likely N-dealkylation sites (N-methyl/N-ethyl adjacent to an activating group) is 1. The number of benzene rings is 1. The molecule has 5 nitrogen and oxygen atoms in total. The topological polar surface area (TPSA) is 62.5 Å². The van der Waals surface area contributed by atoms with Crippen LogP contribution in [0.5, 0.6) is 5.75 Å². The number of ether oxygens (including phenoxy) is 1. The fraction of sp³-hybridized carbons (Fsp3) is 0.462. The van der Waals surface area contributed by atoms with E-state index < -0.39 is 0 Å². The summed E-state index contributed by atoms with van der Waals surface area (Å²) in [7, 11) is 6.65. The van der Waals surface area contributed by atoms with Gasteiger partial charge in [0.15, 0.2) is 5.11 Å². The lowest BCUT2D eigenvalue weighted by molar-refractivity contribution is 0.261. The molecule has 118 valence electrons. The standard InChI is InChI=1S/C13H23N4OPS2/c1-17(2)7-8-18-11-5-3-10(4-6-11)15-13(20)16-12(14)21-9-19/h3-6,12H,7-9,14,19H2,1-2H3,(H2,15,16,20). The molecule has 0 heterocycles. The van der Waals surface area contributed by atoms with E-state index in [1.54, 1.807) is 11.8 Å². The Morgan fingerprint density at radius 3 is 2.67 bits per heavy atom. The Labute approximate surface area is 138 Å². The monoisotopic (exact) mass is 346 g/mol. The van der Waals surface area contributed by atoms with Crippen molar-refractivity contribution in [3.05, 3.63) is 24.3 Å². The van der Waals surface area contributed by atoms with Gasteiger partial charge in [-0.25, -0.2) is 0 Å². The molecule has 0 saturated carbocycles. The van der Waals surface area contributed by atoms with Crippen molar-refractivity contribution in [2.75, 3.05) is 38.1 Å². The molecule has 0 bridgehead atoms. The molecule has 1 rings (SSSR count). The first kappa shape index (κ1) is 18.5. The van der Waals surface area contributed by atoms with E-state index in [2.05, 4.69) is 24.8 Å². The third-order valence-electron chi connectivity index (χ3n) is 2.47. The summed E-state index contributed by atoms with van der Waals surface area (Å²) in [4.78, 5) is 2.08. The maximum atomic E-state index is 5.83. The summed E-state index contributed by atoms with van der Waals surface area (Å²) in [5.41, 5.74) is 7.37. The molecular formula is C13H23N4OPS2. The van der Waals surface area contributed by atoms with Crippen molar-refractivity contribution < 1.29 is 4.74 Å². The fourth-order valence-electron chi connectivity index (χ4n) is 1.42. The van der Waals surface area contributed by atoms with Gasteiger partial charge < -0.3 is 26.0 Å². The first-order valence-corrected chi connectivity index (χ1v) is 8.81. The molecule has 0 aliphatic carbocycles. The van der Waals surface area contributed by atoms with Gasteiger partial charge in [-0.3, -0.25) is 0 Å². The van der Waals surface area contributed by atoms with Crippen LogP contribution < -0.4 is 21.1 Å². The van der Waals surface area contributed by atoms with Crippen LogP contribution in [0.25, 0.3) is 0 Å². The van der Waals surface area contributed by atoms with Gasteiger partial charge in [-0.2, -0.15) is 0 Å². The van der Waals surface area contributed by atoms with Crippen molar-refractivity contribution >= 4 is 44.0 Å². The van der Waals surface area contributed by atoms with E-state index in [9.17, 15) is 0 Å². The Hall–Kier alpha value is -0.590. The van der Waals surface area contributed by atoms with Gasteiger partial charge in [0.25, 0.3) is 0 Å². The summed E-state index contributed by atoms with van der Waals surface area (Å²) in [6, 6.07) is 7.68. The maximum absolute atomic E-state index is 5.83. The third kappa shape index (κ3) is 8.44. The van der Waals surface area contributed by atoms with E-state index in [1.807, 2.05) is 38.4 Å². The predicted octanol–water partition coefficient (Wildman–Crippen LogP) is 1.72. The smallest absolute Gasteiger partial charge is 0.172 e. The van der Waals surface area contributed by atoms with E-state index in [0.717, 1.165) is 23.5 Å². The van der Waals surface area contributed by atoms with Crippen molar-refractivity contribution in [3.63, 3.8) is 0 Å². The molecule has 21 heavy (non-hydrogen) atoms. The summed E-state index contributed by atoms with van der Waals surface area (Å²) in [6.45, 7) is 1.56. The van der Waals surface area contributed by atoms with E-state index in [0.29, 0.717) is 11.7 Å². The average molecular weight is 346 g/mol. The van der Waals surface area contributed by atoms with Crippen LogP contribution in [-0.4, -0.2) is 48.3 Å². The highest BCUT2D eigenvalue weighted by atomic mass is 32.2. The Morgan fingerprint density at radius 1 is 1.43 bits per heavy atom. The highest BCUT2D eigenvalue weighted by Gasteiger charge is 2.04. The zero-order chi connectivity index (χ0) is 15.7. The summed E-state index contributed by atoms with van der Waals surface area (Å²) in [6.07, 6.45) is 0. The van der Waals surface area contributed by atoms with E-state index in [4.69, 9.17) is 22.7 Å². The molecule has 0 saturated heterocycles. The first-order valence-electron chi connectivity index (χ1n) is 6.53. The van der Waals surface area contributed by atoms with Gasteiger partial charge in [0, 0.05) is 17.7 Å². The van der Waals surface area contributed by atoms with E-state index in [1.165, 1.54) is 0 Å².